The Balaban J connectivity index is 1.85. The number of ether oxygens (including phenoxy) is 1. The van der Waals surface area contributed by atoms with Crippen LogP contribution in [0, 0.1) is 5.41 Å². The third-order valence-corrected chi connectivity index (χ3v) is 4.29. The van der Waals surface area contributed by atoms with Crippen molar-refractivity contribution in [1.29, 1.82) is 0 Å². The topological polar surface area (TPSA) is 62.4 Å². The Morgan fingerprint density at radius 3 is 2.54 bits per heavy atom. The van der Waals surface area contributed by atoms with Crippen molar-refractivity contribution in [2.45, 2.75) is 59.2 Å². The lowest BCUT2D eigenvalue weighted by Crippen LogP contribution is -2.52. The minimum Gasteiger partial charge on any atom is -0.444 e. The molecule has 5 heteroatoms. The molecular weight excluding hydrogens is 302 g/mol. The summed E-state index contributed by atoms with van der Waals surface area (Å²) >= 11 is 0. The van der Waals surface area contributed by atoms with E-state index < -0.39 is 11.7 Å². The number of nitrogens with one attached hydrogen (secondary N) is 3. The molecule has 1 saturated heterocycles. The second-order valence-corrected chi connectivity index (χ2v) is 8.21. The lowest BCUT2D eigenvalue weighted by molar-refractivity contribution is 0.0636. The van der Waals surface area contributed by atoms with E-state index in [1.54, 1.807) is 0 Å². The van der Waals surface area contributed by atoms with E-state index in [2.05, 4.69) is 29.8 Å². The molecule has 24 heavy (non-hydrogen) atoms. The van der Waals surface area contributed by atoms with Gasteiger partial charge in [-0.2, -0.15) is 0 Å². The Morgan fingerprint density at radius 1 is 1.29 bits per heavy atom. The van der Waals surface area contributed by atoms with Crippen molar-refractivity contribution < 1.29 is 9.53 Å². The van der Waals surface area contributed by atoms with Gasteiger partial charge in [0, 0.05) is 24.8 Å². The van der Waals surface area contributed by atoms with E-state index in [0.29, 0.717) is 6.04 Å². The SMILES string of the molecule is CC(C)(C)OC(=O)Nc1ccc(CNC2CCNCC2(C)C)cc1. The molecular formula is C19H31N3O2. The van der Waals surface area contributed by atoms with Crippen molar-refractivity contribution >= 4 is 11.8 Å². The largest absolute Gasteiger partial charge is 0.444 e. The van der Waals surface area contributed by atoms with Gasteiger partial charge in [-0.25, -0.2) is 4.79 Å². The molecule has 1 unspecified atom stereocenters. The van der Waals surface area contributed by atoms with Crippen LogP contribution in [0.4, 0.5) is 10.5 Å². The summed E-state index contributed by atoms with van der Waals surface area (Å²) in [6.45, 7) is 13.1. The number of amides is 1. The molecule has 1 aromatic carbocycles. The maximum atomic E-state index is 11.8. The molecule has 1 heterocycles. The maximum absolute atomic E-state index is 11.8. The first-order valence-electron chi connectivity index (χ1n) is 8.69. The minimum atomic E-state index is -0.490. The zero-order valence-electron chi connectivity index (χ0n) is 15.5. The summed E-state index contributed by atoms with van der Waals surface area (Å²) in [5.41, 5.74) is 1.72. The average molecular weight is 333 g/mol. The predicted molar refractivity (Wildman–Crippen MR) is 98.2 cm³/mol. The van der Waals surface area contributed by atoms with Crippen molar-refractivity contribution in [1.82, 2.24) is 10.6 Å². The van der Waals surface area contributed by atoms with Crippen LogP contribution in [0.1, 0.15) is 46.6 Å². The molecule has 0 bridgehead atoms. The molecule has 3 N–H and O–H groups in total. The highest BCUT2D eigenvalue weighted by molar-refractivity contribution is 5.84. The molecule has 1 aliphatic heterocycles. The fourth-order valence-corrected chi connectivity index (χ4v) is 2.92. The van der Waals surface area contributed by atoms with E-state index in [1.807, 2.05) is 45.0 Å². The predicted octanol–water partition coefficient (Wildman–Crippen LogP) is 3.51. The van der Waals surface area contributed by atoms with E-state index in [4.69, 9.17) is 4.74 Å². The van der Waals surface area contributed by atoms with Crippen molar-refractivity contribution in [3.8, 4) is 0 Å². The fourth-order valence-electron chi connectivity index (χ4n) is 2.92. The molecule has 1 aromatic rings. The Bertz CT molecular complexity index is 547. The van der Waals surface area contributed by atoms with Gasteiger partial charge in [0.15, 0.2) is 0 Å². The molecule has 0 aliphatic carbocycles. The molecule has 2 rings (SSSR count). The van der Waals surface area contributed by atoms with Crippen LogP contribution < -0.4 is 16.0 Å². The van der Waals surface area contributed by atoms with E-state index in [9.17, 15) is 4.79 Å². The average Bonchev–Trinajstić information content (AvgIpc) is 2.45. The Kier molecular flexibility index (Phi) is 5.88. The number of carbonyl (C=O) groups is 1. The Morgan fingerprint density at radius 2 is 1.96 bits per heavy atom. The van der Waals surface area contributed by atoms with Gasteiger partial charge in [-0.05, 0) is 56.8 Å². The van der Waals surface area contributed by atoms with Crippen molar-refractivity contribution in [2.75, 3.05) is 18.4 Å². The first-order chi connectivity index (χ1) is 11.2. The number of hydrogen-bond acceptors (Lipinski definition) is 4. The highest BCUT2D eigenvalue weighted by atomic mass is 16.6. The lowest BCUT2D eigenvalue weighted by Gasteiger charge is -2.39. The van der Waals surface area contributed by atoms with Gasteiger partial charge in [0.05, 0.1) is 0 Å². The van der Waals surface area contributed by atoms with Crippen LogP contribution >= 0.6 is 0 Å². The normalized spacial score (nSPS) is 20.5. The molecule has 1 aliphatic rings. The number of anilines is 1. The van der Waals surface area contributed by atoms with E-state index in [-0.39, 0.29) is 5.41 Å². The quantitative estimate of drug-likeness (QED) is 0.789. The maximum Gasteiger partial charge on any atom is 0.412 e. The lowest BCUT2D eigenvalue weighted by atomic mass is 9.80. The highest BCUT2D eigenvalue weighted by Gasteiger charge is 2.31. The molecule has 0 aromatic heterocycles. The zero-order valence-corrected chi connectivity index (χ0v) is 15.5. The number of hydrogen-bond donors (Lipinski definition) is 3. The second kappa shape index (κ2) is 7.53. The summed E-state index contributed by atoms with van der Waals surface area (Å²) in [4.78, 5) is 11.8. The summed E-state index contributed by atoms with van der Waals surface area (Å²) < 4.78 is 5.25. The fraction of sp³-hybridized carbons (Fsp3) is 0.632. The van der Waals surface area contributed by atoms with Crippen molar-refractivity contribution in [3.63, 3.8) is 0 Å². The minimum absolute atomic E-state index is 0.260. The summed E-state index contributed by atoms with van der Waals surface area (Å²) in [5, 5.41) is 9.87. The number of carbonyl (C=O) groups excluding carboxylic acids is 1. The van der Waals surface area contributed by atoms with Gasteiger partial charge < -0.3 is 15.4 Å². The third-order valence-electron chi connectivity index (χ3n) is 4.29. The molecule has 0 spiro atoms. The molecule has 0 saturated carbocycles. The standard InChI is InChI=1S/C19H31N3O2/c1-18(2,3)24-17(23)22-15-8-6-14(7-9-15)12-21-16-10-11-20-13-19(16,4)5/h6-9,16,20-21H,10-13H2,1-5H3,(H,22,23). The van der Waals surface area contributed by atoms with Gasteiger partial charge >= 0.3 is 6.09 Å². The number of piperidine rings is 1. The zero-order chi connectivity index (χ0) is 17.8. The van der Waals surface area contributed by atoms with E-state index in [1.165, 1.54) is 5.56 Å². The molecule has 134 valence electrons. The van der Waals surface area contributed by atoms with Crippen LogP contribution in [0.2, 0.25) is 0 Å². The van der Waals surface area contributed by atoms with Gasteiger partial charge in [0.25, 0.3) is 0 Å². The molecule has 1 atom stereocenters. The van der Waals surface area contributed by atoms with Crippen molar-refractivity contribution in [3.05, 3.63) is 29.8 Å². The van der Waals surface area contributed by atoms with Crippen LogP contribution in [0.3, 0.4) is 0 Å². The second-order valence-electron chi connectivity index (χ2n) is 8.21. The molecule has 0 radical (unpaired) electrons. The molecule has 1 fully saturated rings. The first kappa shape index (κ1) is 18.7. The van der Waals surface area contributed by atoms with Crippen LogP contribution in [0.5, 0.6) is 0 Å². The smallest absolute Gasteiger partial charge is 0.412 e. The first-order valence-corrected chi connectivity index (χ1v) is 8.69. The van der Waals surface area contributed by atoms with Crippen LogP contribution in [-0.2, 0) is 11.3 Å². The Labute approximate surface area is 145 Å². The van der Waals surface area contributed by atoms with Gasteiger partial charge in [0.2, 0.25) is 0 Å². The summed E-state index contributed by atoms with van der Waals surface area (Å²) in [6.07, 6.45) is 0.718. The summed E-state index contributed by atoms with van der Waals surface area (Å²) in [6, 6.07) is 8.41. The van der Waals surface area contributed by atoms with Gasteiger partial charge in [-0.3, -0.25) is 5.32 Å². The van der Waals surface area contributed by atoms with Gasteiger partial charge in [-0.15, -0.1) is 0 Å². The Hall–Kier alpha value is -1.59. The monoisotopic (exact) mass is 333 g/mol. The number of benzene rings is 1. The van der Waals surface area contributed by atoms with E-state index in [0.717, 1.165) is 31.7 Å². The number of rotatable bonds is 4. The molecule has 1 amide bonds. The van der Waals surface area contributed by atoms with Gasteiger partial charge in [-0.1, -0.05) is 26.0 Å². The van der Waals surface area contributed by atoms with Crippen LogP contribution in [0.15, 0.2) is 24.3 Å². The third kappa shape index (κ3) is 5.80. The van der Waals surface area contributed by atoms with Crippen LogP contribution in [0.25, 0.3) is 0 Å². The molecule has 5 nitrogen and oxygen atoms in total. The highest BCUT2D eigenvalue weighted by Crippen LogP contribution is 2.25. The van der Waals surface area contributed by atoms with E-state index >= 15 is 0 Å². The van der Waals surface area contributed by atoms with Crippen LogP contribution in [-0.4, -0.2) is 30.8 Å². The summed E-state index contributed by atoms with van der Waals surface area (Å²) in [7, 11) is 0. The van der Waals surface area contributed by atoms with Crippen molar-refractivity contribution in [2.24, 2.45) is 5.41 Å². The van der Waals surface area contributed by atoms with Gasteiger partial charge in [0.1, 0.15) is 5.60 Å². The summed E-state index contributed by atoms with van der Waals surface area (Å²) in [5.74, 6) is 0.